The van der Waals surface area contributed by atoms with E-state index in [0.717, 1.165) is 41.6 Å². The Morgan fingerprint density at radius 2 is 2.06 bits per heavy atom. The van der Waals surface area contributed by atoms with Crippen molar-refractivity contribution in [3.05, 3.63) is 40.0 Å². The number of para-hydroxylation sites is 1. The predicted molar refractivity (Wildman–Crippen MR) is 77.4 cm³/mol. The summed E-state index contributed by atoms with van der Waals surface area (Å²) in [6.45, 7) is 2.21. The number of nitrogens with zero attached hydrogens (tertiary/aromatic N) is 1. The molecule has 0 bridgehead atoms. The van der Waals surface area contributed by atoms with Gasteiger partial charge in [0, 0.05) is 11.1 Å². The molecule has 18 heavy (non-hydrogen) atoms. The van der Waals surface area contributed by atoms with E-state index < -0.39 is 0 Å². The first kappa shape index (κ1) is 12.0. The average Bonchev–Trinajstić information content (AvgIpc) is 2.40. The molecule has 0 aliphatic heterocycles. The molecular formula is C16H18ClN. The van der Waals surface area contributed by atoms with E-state index in [0.29, 0.717) is 0 Å². The van der Waals surface area contributed by atoms with Gasteiger partial charge >= 0.3 is 0 Å². The topological polar surface area (TPSA) is 12.9 Å². The van der Waals surface area contributed by atoms with E-state index in [1.165, 1.54) is 29.7 Å². The molecule has 1 aromatic heterocycles. The molecule has 1 aliphatic carbocycles. The van der Waals surface area contributed by atoms with E-state index in [2.05, 4.69) is 25.1 Å². The van der Waals surface area contributed by atoms with Crippen LogP contribution in [0.2, 0.25) is 5.02 Å². The molecule has 1 aromatic carbocycles. The maximum Gasteiger partial charge on any atom is 0.0752 e. The van der Waals surface area contributed by atoms with Gasteiger partial charge in [0.1, 0.15) is 0 Å². The zero-order chi connectivity index (χ0) is 12.5. The first-order valence-electron chi connectivity index (χ1n) is 6.90. The number of hydrogen-bond acceptors (Lipinski definition) is 1. The third kappa shape index (κ3) is 1.91. The van der Waals surface area contributed by atoms with Crippen molar-refractivity contribution >= 4 is 22.5 Å². The minimum absolute atomic E-state index is 0.952. The fourth-order valence-corrected chi connectivity index (χ4v) is 3.27. The van der Waals surface area contributed by atoms with Crippen molar-refractivity contribution in [2.24, 2.45) is 0 Å². The van der Waals surface area contributed by atoms with Crippen molar-refractivity contribution in [2.45, 2.75) is 45.4 Å². The molecule has 0 radical (unpaired) electrons. The van der Waals surface area contributed by atoms with Gasteiger partial charge < -0.3 is 0 Å². The number of fused-ring (bicyclic) bond motifs is 2. The van der Waals surface area contributed by atoms with Gasteiger partial charge in [-0.05, 0) is 43.2 Å². The summed E-state index contributed by atoms with van der Waals surface area (Å²) >= 11 is 6.59. The second kappa shape index (κ2) is 4.89. The molecule has 0 spiro atoms. The molecule has 0 atom stereocenters. The predicted octanol–water partition coefficient (Wildman–Crippen LogP) is 4.72. The summed E-state index contributed by atoms with van der Waals surface area (Å²) < 4.78 is 0. The van der Waals surface area contributed by atoms with E-state index in [1.54, 1.807) is 0 Å². The number of pyridine rings is 1. The van der Waals surface area contributed by atoms with Crippen LogP contribution in [0.15, 0.2) is 18.2 Å². The van der Waals surface area contributed by atoms with E-state index in [4.69, 9.17) is 16.6 Å². The van der Waals surface area contributed by atoms with Crippen LogP contribution < -0.4 is 0 Å². The van der Waals surface area contributed by atoms with Gasteiger partial charge in [-0.15, -0.1) is 0 Å². The lowest BCUT2D eigenvalue weighted by molar-refractivity contribution is 0.671. The lowest BCUT2D eigenvalue weighted by Crippen LogP contribution is -2.07. The van der Waals surface area contributed by atoms with Gasteiger partial charge in [-0.25, -0.2) is 0 Å². The smallest absolute Gasteiger partial charge is 0.0752 e. The number of halogens is 1. The molecule has 0 unspecified atom stereocenters. The summed E-state index contributed by atoms with van der Waals surface area (Å²) in [5.74, 6) is 0. The average molecular weight is 260 g/mol. The van der Waals surface area contributed by atoms with E-state index in [-0.39, 0.29) is 0 Å². The quantitative estimate of drug-likeness (QED) is 0.761. The van der Waals surface area contributed by atoms with Crippen LogP contribution in [0, 0.1) is 0 Å². The van der Waals surface area contributed by atoms with Crippen LogP contribution in [0.4, 0.5) is 0 Å². The van der Waals surface area contributed by atoms with Gasteiger partial charge in [0.25, 0.3) is 0 Å². The maximum absolute atomic E-state index is 6.59. The lowest BCUT2D eigenvalue weighted by atomic mass is 9.93. The first-order valence-corrected chi connectivity index (χ1v) is 7.28. The van der Waals surface area contributed by atoms with E-state index in [1.807, 2.05) is 0 Å². The molecule has 1 nitrogen and oxygen atoms in total. The molecule has 0 amide bonds. The van der Waals surface area contributed by atoms with Crippen molar-refractivity contribution in [3.63, 3.8) is 0 Å². The standard InChI is InChI=1S/C16H18ClN/c1-2-6-11-7-5-9-13-15(17)12-8-3-4-10-14(12)18-16(11)13/h5,7,9H,2-4,6,8,10H2,1H3. The highest BCUT2D eigenvalue weighted by molar-refractivity contribution is 6.36. The number of aromatic nitrogens is 1. The minimum Gasteiger partial charge on any atom is -0.252 e. The van der Waals surface area contributed by atoms with Crippen LogP contribution in [0.3, 0.4) is 0 Å². The second-order valence-corrected chi connectivity index (χ2v) is 5.50. The van der Waals surface area contributed by atoms with Gasteiger partial charge in [0.15, 0.2) is 0 Å². The molecule has 0 N–H and O–H groups in total. The molecule has 1 aliphatic rings. The van der Waals surface area contributed by atoms with Crippen LogP contribution in [-0.2, 0) is 19.3 Å². The Bertz CT molecular complexity index is 589. The fraction of sp³-hybridized carbons (Fsp3) is 0.438. The second-order valence-electron chi connectivity index (χ2n) is 5.12. The number of benzene rings is 1. The highest BCUT2D eigenvalue weighted by atomic mass is 35.5. The Labute approximate surface area is 113 Å². The number of aryl methyl sites for hydroxylation is 2. The van der Waals surface area contributed by atoms with Gasteiger partial charge in [-0.1, -0.05) is 43.1 Å². The summed E-state index contributed by atoms with van der Waals surface area (Å²) in [5.41, 5.74) is 5.00. The molecule has 0 saturated carbocycles. The van der Waals surface area contributed by atoms with Gasteiger partial charge in [0.2, 0.25) is 0 Å². The molecule has 2 heteroatoms. The maximum atomic E-state index is 6.59. The summed E-state index contributed by atoms with van der Waals surface area (Å²) in [7, 11) is 0. The summed E-state index contributed by atoms with van der Waals surface area (Å²) in [5, 5.41) is 2.09. The Kier molecular flexibility index (Phi) is 3.25. The Balaban J connectivity index is 2.27. The molecule has 0 saturated heterocycles. The molecule has 2 aromatic rings. The van der Waals surface area contributed by atoms with Gasteiger partial charge in [-0.2, -0.15) is 0 Å². The van der Waals surface area contributed by atoms with Crippen molar-refractivity contribution in [2.75, 3.05) is 0 Å². The highest BCUT2D eigenvalue weighted by Gasteiger charge is 2.17. The number of rotatable bonds is 2. The number of hydrogen-bond donors (Lipinski definition) is 0. The first-order chi connectivity index (χ1) is 8.81. The van der Waals surface area contributed by atoms with E-state index in [9.17, 15) is 0 Å². The van der Waals surface area contributed by atoms with Gasteiger partial charge in [0.05, 0.1) is 10.5 Å². The van der Waals surface area contributed by atoms with Crippen LogP contribution in [0.5, 0.6) is 0 Å². The molecule has 0 fully saturated rings. The van der Waals surface area contributed by atoms with Crippen LogP contribution in [0.25, 0.3) is 10.9 Å². The molecule has 94 valence electrons. The van der Waals surface area contributed by atoms with Crippen molar-refractivity contribution in [1.29, 1.82) is 0 Å². The third-order valence-electron chi connectivity index (χ3n) is 3.83. The van der Waals surface area contributed by atoms with Crippen molar-refractivity contribution in [3.8, 4) is 0 Å². The fourth-order valence-electron chi connectivity index (χ4n) is 2.92. The van der Waals surface area contributed by atoms with Crippen molar-refractivity contribution < 1.29 is 0 Å². The normalized spacial score (nSPS) is 14.8. The highest BCUT2D eigenvalue weighted by Crippen LogP contribution is 2.34. The largest absolute Gasteiger partial charge is 0.252 e. The van der Waals surface area contributed by atoms with Crippen LogP contribution >= 0.6 is 11.6 Å². The van der Waals surface area contributed by atoms with Gasteiger partial charge in [-0.3, -0.25) is 4.98 Å². The van der Waals surface area contributed by atoms with Crippen molar-refractivity contribution in [1.82, 2.24) is 4.98 Å². The minimum atomic E-state index is 0.952. The Morgan fingerprint density at radius 1 is 1.22 bits per heavy atom. The third-order valence-corrected chi connectivity index (χ3v) is 4.26. The summed E-state index contributed by atoms with van der Waals surface area (Å²) in [4.78, 5) is 4.91. The molecule has 3 rings (SSSR count). The summed E-state index contributed by atoms with van der Waals surface area (Å²) in [6, 6.07) is 6.40. The SMILES string of the molecule is CCCc1cccc2c(Cl)c3c(nc12)CCCC3. The Morgan fingerprint density at radius 3 is 2.89 bits per heavy atom. The van der Waals surface area contributed by atoms with Crippen LogP contribution in [-0.4, -0.2) is 4.98 Å². The zero-order valence-corrected chi connectivity index (χ0v) is 11.6. The molecular weight excluding hydrogens is 242 g/mol. The van der Waals surface area contributed by atoms with E-state index >= 15 is 0 Å². The Hall–Kier alpha value is -1.08. The zero-order valence-electron chi connectivity index (χ0n) is 10.8. The lowest BCUT2D eigenvalue weighted by Gasteiger charge is -2.18. The monoisotopic (exact) mass is 259 g/mol. The van der Waals surface area contributed by atoms with Crippen LogP contribution in [0.1, 0.15) is 43.0 Å². The molecule has 1 heterocycles. The summed E-state index contributed by atoms with van der Waals surface area (Å²) in [6.07, 6.45) is 6.90.